The van der Waals surface area contributed by atoms with Crippen molar-refractivity contribution in [1.82, 2.24) is 14.7 Å². The lowest BCUT2D eigenvalue weighted by Crippen LogP contribution is -2.70. The fourth-order valence-corrected chi connectivity index (χ4v) is 9.04. The molecular formula is C36H37N3O9. The molecule has 250 valence electrons. The molecule has 5 aliphatic heterocycles. The number of phenols is 1. The van der Waals surface area contributed by atoms with E-state index in [2.05, 4.69) is 4.90 Å². The van der Waals surface area contributed by atoms with Crippen molar-refractivity contribution in [3.8, 4) is 28.7 Å². The SMILES string of the molecule is COc1c(C)cc2c(c1O)[C@@H]1[C@@H]3Cc4c(OC(C)=O)c(C)c5c(c4[C@H]([C@H](C)N4C(=O)c6ccccc6C4=O)N3[C@@H](O)[C@H](C2)N1C)OCO5. The summed E-state index contributed by atoms with van der Waals surface area (Å²) in [6.45, 7) is 6.74. The number of benzene rings is 3. The number of rotatable bonds is 4. The standard InChI is InChI=1S/C36H37N3O9/c1-15-11-19-12-24-36(44)39-23(28(37(24)5)25(19)29(41)30(15)45-6)13-22-26(33-32(46-14-47-33)16(2)31(22)48-18(4)40)27(39)17(3)38-34(42)20-9-7-8-10-21(20)35(38)43/h7-11,17,23-24,27-28,36,41,44H,12-14H2,1-6H3/t17-,23-,24-,27-,28-,36-/m0/s1. The maximum absolute atomic E-state index is 13.9. The Kier molecular flexibility index (Phi) is 6.82. The van der Waals surface area contributed by atoms with Crippen LogP contribution in [0.2, 0.25) is 0 Å². The van der Waals surface area contributed by atoms with E-state index in [-0.39, 0.29) is 19.0 Å². The van der Waals surface area contributed by atoms with Crippen LogP contribution in [-0.2, 0) is 17.6 Å². The molecule has 0 unspecified atom stereocenters. The Labute approximate surface area is 277 Å². The monoisotopic (exact) mass is 655 g/mol. The lowest BCUT2D eigenvalue weighted by Gasteiger charge is -2.61. The second-order valence-electron chi connectivity index (χ2n) is 13.4. The van der Waals surface area contributed by atoms with Crippen LogP contribution in [-0.4, -0.2) is 88.0 Å². The first kappa shape index (κ1) is 30.7. The third-order valence-electron chi connectivity index (χ3n) is 11.0. The highest BCUT2D eigenvalue weighted by Gasteiger charge is 2.58. The van der Waals surface area contributed by atoms with Crippen molar-refractivity contribution in [2.45, 2.75) is 77.0 Å². The number of amides is 2. The maximum atomic E-state index is 13.9. The molecule has 5 aliphatic rings. The summed E-state index contributed by atoms with van der Waals surface area (Å²) in [6, 6.07) is 5.75. The molecule has 0 aliphatic carbocycles. The Bertz CT molecular complexity index is 1910. The summed E-state index contributed by atoms with van der Waals surface area (Å²) in [5.41, 5.74) is 4.86. The van der Waals surface area contributed by atoms with Crippen LogP contribution in [0.25, 0.3) is 0 Å². The van der Waals surface area contributed by atoms with Crippen molar-refractivity contribution in [1.29, 1.82) is 0 Å². The van der Waals surface area contributed by atoms with Crippen LogP contribution < -0.4 is 18.9 Å². The van der Waals surface area contributed by atoms with Gasteiger partial charge < -0.3 is 29.2 Å². The minimum absolute atomic E-state index is 0.0389. The predicted octanol–water partition coefficient (Wildman–Crippen LogP) is 3.55. The fourth-order valence-electron chi connectivity index (χ4n) is 9.04. The molecule has 0 saturated carbocycles. The van der Waals surface area contributed by atoms with Crippen LogP contribution in [0.1, 0.15) is 80.0 Å². The average Bonchev–Trinajstić information content (AvgIpc) is 3.64. The highest BCUT2D eigenvalue weighted by atomic mass is 16.7. The highest BCUT2D eigenvalue weighted by Crippen LogP contribution is 2.59. The molecule has 3 aromatic carbocycles. The molecule has 12 nitrogen and oxygen atoms in total. The summed E-state index contributed by atoms with van der Waals surface area (Å²) >= 11 is 0. The summed E-state index contributed by atoms with van der Waals surface area (Å²) in [6.07, 6.45) is -0.327. The molecule has 3 aromatic rings. The van der Waals surface area contributed by atoms with Crippen LogP contribution in [0.3, 0.4) is 0 Å². The van der Waals surface area contributed by atoms with Crippen LogP contribution >= 0.6 is 0 Å². The maximum Gasteiger partial charge on any atom is 0.308 e. The molecule has 1 fully saturated rings. The third kappa shape index (κ3) is 3.96. The molecule has 2 N–H and O–H groups in total. The molecule has 6 atom stereocenters. The zero-order valence-corrected chi connectivity index (χ0v) is 27.6. The number of phenolic OH excluding ortho intramolecular Hbond substituents is 1. The van der Waals surface area contributed by atoms with E-state index in [1.54, 1.807) is 38.1 Å². The van der Waals surface area contributed by atoms with Crippen LogP contribution in [0, 0.1) is 13.8 Å². The number of aromatic hydroxyl groups is 1. The summed E-state index contributed by atoms with van der Waals surface area (Å²) in [7, 11) is 3.45. The molecule has 5 heterocycles. The molecule has 1 saturated heterocycles. The number of likely N-dealkylation sites (N-methyl/N-ethyl adjacent to an activating group) is 1. The van der Waals surface area contributed by atoms with Gasteiger partial charge in [0, 0.05) is 35.2 Å². The number of carbonyl (C=O) groups is 3. The van der Waals surface area contributed by atoms with E-state index in [9.17, 15) is 24.6 Å². The minimum Gasteiger partial charge on any atom is -0.504 e. The molecule has 0 spiro atoms. The number of fused-ring (bicyclic) bond motifs is 10. The lowest BCUT2D eigenvalue weighted by molar-refractivity contribution is -0.178. The number of hydrogen-bond acceptors (Lipinski definition) is 11. The Balaban J connectivity index is 1.38. The number of esters is 1. The van der Waals surface area contributed by atoms with E-state index in [1.807, 2.05) is 24.9 Å². The highest BCUT2D eigenvalue weighted by molar-refractivity contribution is 6.21. The molecular weight excluding hydrogens is 618 g/mol. The Morgan fingerprint density at radius 2 is 1.67 bits per heavy atom. The summed E-state index contributed by atoms with van der Waals surface area (Å²) in [5.74, 6) is 0.203. The molecule has 0 radical (unpaired) electrons. The van der Waals surface area contributed by atoms with Gasteiger partial charge in [-0.1, -0.05) is 18.2 Å². The molecule has 48 heavy (non-hydrogen) atoms. The van der Waals surface area contributed by atoms with Gasteiger partial charge in [-0.15, -0.1) is 0 Å². The zero-order valence-electron chi connectivity index (χ0n) is 27.6. The Hall–Kier alpha value is -4.65. The van der Waals surface area contributed by atoms with E-state index in [4.69, 9.17) is 18.9 Å². The minimum atomic E-state index is -1.05. The zero-order chi connectivity index (χ0) is 33.9. The number of carbonyl (C=O) groups excluding carboxylic acids is 3. The molecule has 8 rings (SSSR count). The number of aliphatic hydroxyl groups is 1. The number of methoxy groups -OCH3 is 1. The lowest BCUT2D eigenvalue weighted by atomic mass is 9.72. The summed E-state index contributed by atoms with van der Waals surface area (Å²) in [4.78, 5) is 45.8. The second kappa shape index (κ2) is 10.7. The fraction of sp³-hybridized carbons (Fsp3) is 0.417. The normalized spacial score (nSPS) is 26.1. The van der Waals surface area contributed by atoms with Gasteiger partial charge in [0.15, 0.2) is 23.0 Å². The first-order valence-corrected chi connectivity index (χ1v) is 16.1. The summed E-state index contributed by atoms with van der Waals surface area (Å²) in [5, 5.41) is 24.1. The van der Waals surface area contributed by atoms with Crippen molar-refractivity contribution in [3.63, 3.8) is 0 Å². The van der Waals surface area contributed by atoms with E-state index in [1.165, 1.54) is 18.9 Å². The van der Waals surface area contributed by atoms with Crippen molar-refractivity contribution in [2.24, 2.45) is 0 Å². The van der Waals surface area contributed by atoms with Gasteiger partial charge >= 0.3 is 5.97 Å². The van der Waals surface area contributed by atoms with Crippen molar-refractivity contribution < 1.29 is 43.5 Å². The molecule has 0 aromatic heterocycles. The van der Waals surface area contributed by atoms with Crippen molar-refractivity contribution in [3.05, 3.63) is 74.8 Å². The number of nitrogens with zero attached hydrogens (tertiary/aromatic N) is 3. The van der Waals surface area contributed by atoms with Crippen molar-refractivity contribution >= 4 is 17.8 Å². The number of piperazine rings is 1. The van der Waals surface area contributed by atoms with Crippen LogP contribution in [0.5, 0.6) is 28.7 Å². The number of hydrogen-bond donors (Lipinski definition) is 2. The first-order valence-electron chi connectivity index (χ1n) is 16.1. The predicted molar refractivity (Wildman–Crippen MR) is 170 cm³/mol. The van der Waals surface area contributed by atoms with E-state index >= 15 is 0 Å². The van der Waals surface area contributed by atoms with Crippen molar-refractivity contribution in [2.75, 3.05) is 21.0 Å². The first-order chi connectivity index (χ1) is 23.0. The Morgan fingerprint density at radius 1 is 1.00 bits per heavy atom. The number of aryl methyl sites for hydroxylation is 1. The largest absolute Gasteiger partial charge is 0.504 e. The molecule has 2 bridgehead atoms. The van der Waals surface area contributed by atoms with Gasteiger partial charge in [-0.05, 0) is 63.9 Å². The average molecular weight is 656 g/mol. The van der Waals surface area contributed by atoms with Gasteiger partial charge in [-0.25, -0.2) is 0 Å². The second-order valence-corrected chi connectivity index (χ2v) is 13.4. The van der Waals surface area contributed by atoms with Crippen LogP contribution in [0.4, 0.5) is 0 Å². The smallest absolute Gasteiger partial charge is 0.308 e. The number of imide groups is 1. The number of ether oxygens (including phenoxy) is 4. The van der Waals surface area contributed by atoms with Gasteiger partial charge in [0.2, 0.25) is 6.79 Å². The molecule has 2 amide bonds. The van der Waals surface area contributed by atoms with Gasteiger partial charge in [0.1, 0.15) is 12.0 Å². The van der Waals surface area contributed by atoms with E-state index in [0.29, 0.717) is 62.8 Å². The van der Waals surface area contributed by atoms with E-state index in [0.717, 1.165) is 11.1 Å². The van der Waals surface area contributed by atoms with Gasteiger partial charge in [-0.3, -0.25) is 29.1 Å². The number of aliphatic hydroxyl groups excluding tert-OH is 1. The Morgan fingerprint density at radius 3 is 2.31 bits per heavy atom. The van der Waals surface area contributed by atoms with Crippen LogP contribution in [0.15, 0.2) is 30.3 Å². The van der Waals surface area contributed by atoms with Gasteiger partial charge in [0.25, 0.3) is 11.8 Å². The quantitative estimate of drug-likeness (QED) is 0.243. The van der Waals surface area contributed by atoms with Gasteiger partial charge in [-0.2, -0.15) is 0 Å². The third-order valence-corrected chi connectivity index (χ3v) is 11.0. The topological polar surface area (TPSA) is 138 Å². The van der Waals surface area contributed by atoms with E-state index < -0.39 is 54.2 Å². The summed E-state index contributed by atoms with van der Waals surface area (Å²) < 4.78 is 23.6. The van der Waals surface area contributed by atoms with Gasteiger partial charge in [0.05, 0.1) is 42.4 Å². The molecule has 12 heteroatoms.